The number of unbranched alkanes of at least 4 members (excludes halogenated alkanes) is 4. The Hall–Kier alpha value is -0.630. The van der Waals surface area contributed by atoms with Crippen molar-refractivity contribution in [2.24, 2.45) is 5.92 Å². The third-order valence-corrected chi connectivity index (χ3v) is 3.23. The van der Waals surface area contributed by atoms with Crippen LogP contribution in [0.4, 0.5) is 0 Å². The second kappa shape index (κ2) is 5.45. The first-order chi connectivity index (χ1) is 7.08. The molecule has 0 aliphatic heterocycles. The van der Waals surface area contributed by atoms with Gasteiger partial charge in [-0.05, 0) is 25.5 Å². The van der Waals surface area contributed by atoms with Gasteiger partial charge in [0.1, 0.15) is 0 Å². The molecule has 0 fully saturated rings. The SMILES string of the molecule is CCCCCCCC1C(=O)C=CC1(C)O. The summed E-state index contributed by atoms with van der Waals surface area (Å²) in [7, 11) is 0. The largest absolute Gasteiger partial charge is 0.385 e. The molecule has 2 unspecified atom stereocenters. The van der Waals surface area contributed by atoms with E-state index < -0.39 is 5.60 Å². The molecule has 0 spiro atoms. The molecule has 0 aromatic carbocycles. The van der Waals surface area contributed by atoms with E-state index >= 15 is 0 Å². The minimum atomic E-state index is -0.901. The number of carbonyl (C=O) groups is 1. The van der Waals surface area contributed by atoms with Crippen molar-refractivity contribution < 1.29 is 9.90 Å². The van der Waals surface area contributed by atoms with Crippen LogP contribution in [0.1, 0.15) is 52.4 Å². The lowest BCUT2D eigenvalue weighted by Gasteiger charge is -2.23. The van der Waals surface area contributed by atoms with Crippen LogP contribution in [0.3, 0.4) is 0 Å². The maximum absolute atomic E-state index is 11.5. The molecule has 1 rings (SSSR count). The minimum absolute atomic E-state index is 0.0930. The van der Waals surface area contributed by atoms with Gasteiger partial charge in [-0.2, -0.15) is 0 Å². The average molecular weight is 210 g/mol. The molecule has 0 aromatic rings. The standard InChI is InChI=1S/C13H22O2/c1-3-4-5-6-7-8-11-12(14)9-10-13(11,2)15/h9-11,15H,3-8H2,1-2H3. The molecule has 2 heteroatoms. The minimum Gasteiger partial charge on any atom is -0.385 e. The van der Waals surface area contributed by atoms with Crippen molar-refractivity contribution in [2.45, 2.75) is 58.0 Å². The Labute approximate surface area is 92.4 Å². The number of aliphatic hydroxyl groups is 1. The van der Waals surface area contributed by atoms with Crippen LogP contribution in [0.25, 0.3) is 0 Å². The van der Waals surface area contributed by atoms with E-state index in [1.807, 2.05) is 0 Å². The summed E-state index contributed by atoms with van der Waals surface area (Å²) in [5, 5.41) is 9.92. The monoisotopic (exact) mass is 210 g/mol. The lowest BCUT2D eigenvalue weighted by atomic mass is 9.87. The first-order valence-electron chi connectivity index (χ1n) is 6.03. The van der Waals surface area contributed by atoms with Crippen LogP contribution in [-0.2, 0) is 4.79 Å². The van der Waals surface area contributed by atoms with Gasteiger partial charge in [0.15, 0.2) is 5.78 Å². The zero-order valence-electron chi connectivity index (χ0n) is 9.83. The van der Waals surface area contributed by atoms with Gasteiger partial charge in [-0.3, -0.25) is 4.79 Å². The summed E-state index contributed by atoms with van der Waals surface area (Å²) in [5.74, 6) is -0.102. The number of carbonyl (C=O) groups excluding carboxylic acids is 1. The molecule has 2 nitrogen and oxygen atoms in total. The van der Waals surface area contributed by atoms with E-state index in [1.165, 1.54) is 31.8 Å². The Morgan fingerprint density at radius 1 is 1.33 bits per heavy atom. The normalized spacial score (nSPS) is 30.1. The zero-order chi connectivity index (χ0) is 11.3. The molecule has 1 N–H and O–H groups in total. The Kier molecular flexibility index (Phi) is 4.52. The molecule has 1 aliphatic rings. The highest BCUT2D eigenvalue weighted by atomic mass is 16.3. The summed E-state index contributed by atoms with van der Waals surface area (Å²) < 4.78 is 0. The smallest absolute Gasteiger partial charge is 0.161 e. The van der Waals surface area contributed by atoms with E-state index in [2.05, 4.69) is 6.92 Å². The number of hydrogen-bond acceptors (Lipinski definition) is 2. The lowest BCUT2D eigenvalue weighted by molar-refractivity contribution is -0.122. The van der Waals surface area contributed by atoms with Crippen LogP contribution in [0.2, 0.25) is 0 Å². The van der Waals surface area contributed by atoms with Crippen LogP contribution in [-0.4, -0.2) is 16.5 Å². The Balaban J connectivity index is 2.24. The fourth-order valence-corrected chi connectivity index (χ4v) is 2.16. The molecule has 1 aliphatic carbocycles. The van der Waals surface area contributed by atoms with Crippen molar-refractivity contribution >= 4 is 5.78 Å². The Morgan fingerprint density at radius 3 is 2.53 bits per heavy atom. The summed E-state index contributed by atoms with van der Waals surface area (Å²) >= 11 is 0. The third-order valence-electron chi connectivity index (χ3n) is 3.23. The second-order valence-corrected chi connectivity index (χ2v) is 4.72. The van der Waals surface area contributed by atoms with Gasteiger partial charge in [0.05, 0.1) is 11.5 Å². The van der Waals surface area contributed by atoms with Crippen LogP contribution in [0.15, 0.2) is 12.2 Å². The number of allylic oxidation sites excluding steroid dienone is 1. The van der Waals surface area contributed by atoms with E-state index in [4.69, 9.17) is 0 Å². The number of hydrogen-bond donors (Lipinski definition) is 1. The Morgan fingerprint density at radius 2 is 2.00 bits per heavy atom. The van der Waals surface area contributed by atoms with Gasteiger partial charge in [0.2, 0.25) is 0 Å². The molecule has 15 heavy (non-hydrogen) atoms. The first-order valence-corrected chi connectivity index (χ1v) is 6.03. The van der Waals surface area contributed by atoms with Crippen molar-refractivity contribution in [3.8, 4) is 0 Å². The molecule has 0 bridgehead atoms. The molecule has 2 atom stereocenters. The average Bonchev–Trinajstić information content (AvgIpc) is 2.43. The van der Waals surface area contributed by atoms with Gasteiger partial charge < -0.3 is 5.11 Å². The quantitative estimate of drug-likeness (QED) is 0.684. The van der Waals surface area contributed by atoms with Crippen molar-refractivity contribution in [2.75, 3.05) is 0 Å². The van der Waals surface area contributed by atoms with Crippen molar-refractivity contribution in [1.82, 2.24) is 0 Å². The van der Waals surface area contributed by atoms with E-state index in [1.54, 1.807) is 13.0 Å². The van der Waals surface area contributed by atoms with Crippen LogP contribution < -0.4 is 0 Å². The van der Waals surface area contributed by atoms with Crippen molar-refractivity contribution in [3.05, 3.63) is 12.2 Å². The predicted molar refractivity (Wildman–Crippen MR) is 61.6 cm³/mol. The van der Waals surface area contributed by atoms with Crippen LogP contribution in [0.5, 0.6) is 0 Å². The molecular formula is C13H22O2. The van der Waals surface area contributed by atoms with Gasteiger partial charge in [-0.15, -0.1) is 0 Å². The van der Waals surface area contributed by atoms with Gasteiger partial charge in [0, 0.05) is 0 Å². The highest BCUT2D eigenvalue weighted by Gasteiger charge is 2.37. The molecule has 0 radical (unpaired) electrons. The molecule has 0 heterocycles. The van der Waals surface area contributed by atoms with Gasteiger partial charge in [-0.1, -0.05) is 39.0 Å². The maximum Gasteiger partial charge on any atom is 0.161 e. The van der Waals surface area contributed by atoms with E-state index in [-0.39, 0.29) is 11.7 Å². The lowest BCUT2D eigenvalue weighted by Crippen LogP contribution is -2.32. The molecule has 0 amide bonds. The van der Waals surface area contributed by atoms with E-state index in [0.717, 1.165) is 12.8 Å². The highest BCUT2D eigenvalue weighted by molar-refractivity contribution is 5.95. The van der Waals surface area contributed by atoms with Crippen molar-refractivity contribution in [1.29, 1.82) is 0 Å². The summed E-state index contributed by atoms with van der Waals surface area (Å²) in [5.41, 5.74) is -0.901. The molecule has 0 aromatic heterocycles. The summed E-state index contributed by atoms with van der Waals surface area (Å²) in [4.78, 5) is 11.5. The van der Waals surface area contributed by atoms with Gasteiger partial charge in [0.25, 0.3) is 0 Å². The summed E-state index contributed by atoms with van der Waals surface area (Å²) in [6, 6.07) is 0. The summed E-state index contributed by atoms with van der Waals surface area (Å²) in [6.07, 6.45) is 9.95. The third kappa shape index (κ3) is 3.45. The van der Waals surface area contributed by atoms with Crippen molar-refractivity contribution in [3.63, 3.8) is 0 Å². The van der Waals surface area contributed by atoms with E-state index in [9.17, 15) is 9.90 Å². The summed E-state index contributed by atoms with van der Waals surface area (Å²) in [6.45, 7) is 3.92. The number of ketones is 1. The highest BCUT2D eigenvalue weighted by Crippen LogP contribution is 2.30. The zero-order valence-corrected chi connectivity index (χ0v) is 9.83. The van der Waals surface area contributed by atoms with Crippen LogP contribution >= 0.6 is 0 Å². The molecule has 0 saturated carbocycles. The fraction of sp³-hybridized carbons (Fsp3) is 0.769. The molecular weight excluding hydrogens is 188 g/mol. The number of rotatable bonds is 6. The van der Waals surface area contributed by atoms with Gasteiger partial charge >= 0.3 is 0 Å². The topological polar surface area (TPSA) is 37.3 Å². The van der Waals surface area contributed by atoms with Gasteiger partial charge in [-0.25, -0.2) is 0 Å². The maximum atomic E-state index is 11.5. The fourth-order valence-electron chi connectivity index (χ4n) is 2.16. The Bertz CT molecular complexity index is 241. The van der Waals surface area contributed by atoms with Crippen LogP contribution in [0, 0.1) is 5.92 Å². The molecule has 86 valence electrons. The first kappa shape index (κ1) is 12.4. The second-order valence-electron chi connectivity index (χ2n) is 4.72. The van der Waals surface area contributed by atoms with E-state index in [0.29, 0.717) is 0 Å². The predicted octanol–water partition coefficient (Wildman–Crippen LogP) is 2.85. The molecule has 0 saturated heterocycles.